The molecule has 0 fully saturated rings. The molecule has 0 unspecified atom stereocenters. The molecule has 4 heteroatoms. The molecule has 0 aromatic heterocycles. The maximum atomic E-state index is 9.27. The molecule has 0 heterocycles. The Morgan fingerprint density at radius 1 is 1.60 bits per heavy atom. The van der Waals surface area contributed by atoms with E-state index in [9.17, 15) is 6.87 Å². The van der Waals surface area contributed by atoms with E-state index in [1.54, 1.807) is 0 Å². The lowest BCUT2D eigenvalue weighted by Crippen LogP contribution is -3.98. The number of hydrogen-bond acceptors (Lipinski definition) is 3. The molecule has 0 spiro atoms. The van der Waals surface area contributed by atoms with Crippen molar-refractivity contribution in [3.63, 3.8) is 0 Å². The van der Waals surface area contributed by atoms with Gasteiger partial charge in [-0.15, -0.1) is 0 Å². The van der Waals surface area contributed by atoms with E-state index in [2.05, 4.69) is 3.07 Å². The Hall–Kier alpha value is 0.610. The lowest BCUT2D eigenvalue weighted by atomic mass is 11.8. The second-order valence-corrected chi connectivity index (χ2v) is 2.30. The van der Waals surface area contributed by atoms with Gasteiger partial charge in [-0.2, -0.15) is 0 Å². The van der Waals surface area contributed by atoms with E-state index in [1.807, 2.05) is 0 Å². The SMILES string of the molecule is CO[I+2]([O-])[O-]. The lowest BCUT2D eigenvalue weighted by molar-refractivity contribution is -1.63. The smallest absolute Gasteiger partial charge is 0.396 e. The van der Waals surface area contributed by atoms with Crippen LogP contribution in [0.4, 0.5) is 0 Å². The van der Waals surface area contributed by atoms with Crippen molar-refractivity contribution in [3.8, 4) is 0 Å². The Kier molecular flexibility index (Phi) is 3.17. The first-order valence-corrected chi connectivity index (χ1v) is 3.51. The van der Waals surface area contributed by atoms with Gasteiger partial charge in [0.15, 0.2) is 0 Å². The van der Waals surface area contributed by atoms with Crippen LogP contribution in [-0.4, -0.2) is 7.11 Å². The van der Waals surface area contributed by atoms with Gasteiger partial charge in [0.25, 0.3) is 0 Å². The molecule has 0 saturated carbocycles. The van der Waals surface area contributed by atoms with Crippen LogP contribution in [0.2, 0.25) is 0 Å². The quantitative estimate of drug-likeness (QED) is 0.388. The Balaban J connectivity index is 2.54. The van der Waals surface area contributed by atoms with E-state index in [1.165, 1.54) is 0 Å². The molecule has 0 saturated heterocycles. The fourth-order valence-corrected chi connectivity index (χ4v) is 0. The van der Waals surface area contributed by atoms with E-state index in [-0.39, 0.29) is 0 Å². The molecular formula is CH3IO3. The Morgan fingerprint density at radius 3 is 1.80 bits per heavy atom. The van der Waals surface area contributed by atoms with Gasteiger partial charge in [-0.05, 0) is 3.07 Å². The highest BCUT2D eigenvalue weighted by Crippen LogP contribution is 1.05. The zero-order chi connectivity index (χ0) is 4.28. The molecule has 0 N–H and O–H groups in total. The van der Waals surface area contributed by atoms with Crippen LogP contribution in [0.25, 0.3) is 0 Å². The van der Waals surface area contributed by atoms with E-state index < -0.39 is 21.1 Å². The van der Waals surface area contributed by atoms with Gasteiger partial charge in [0.2, 0.25) is 0 Å². The highest BCUT2D eigenvalue weighted by Gasteiger charge is 2.01. The summed E-state index contributed by atoms with van der Waals surface area (Å²) in [5.41, 5.74) is 0. The van der Waals surface area contributed by atoms with Crippen LogP contribution in [0.3, 0.4) is 0 Å². The van der Waals surface area contributed by atoms with E-state index >= 15 is 0 Å². The fraction of sp³-hybridized carbons (Fsp3) is 1.00. The van der Waals surface area contributed by atoms with Gasteiger partial charge in [-0.25, -0.2) is 0 Å². The summed E-state index contributed by atoms with van der Waals surface area (Å²) < 4.78 is 22.3. The van der Waals surface area contributed by atoms with E-state index in [4.69, 9.17) is 0 Å². The zero-order valence-electron chi connectivity index (χ0n) is 2.60. The van der Waals surface area contributed by atoms with Gasteiger partial charge < -0.3 is 6.87 Å². The highest BCUT2D eigenvalue weighted by atomic mass is 127. The standard InChI is InChI=1S/CH3IO3/c1-5-2(3)4/h1H3. The summed E-state index contributed by atoms with van der Waals surface area (Å²) in [6.07, 6.45) is 0. The maximum absolute atomic E-state index is 9.27. The van der Waals surface area contributed by atoms with Crippen LogP contribution in [-0.2, 0) is 3.07 Å². The number of halogens is 1. The summed E-state index contributed by atoms with van der Waals surface area (Å²) in [5, 5.41) is 0. The van der Waals surface area contributed by atoms with Crippen LogP contribution in [0, 0.1) is 0 Å². The molecule has 0 rings (SSSR count). The summed E-state index contributed by atoms with van der Waals surface area (Å²) in [4.78, 5) is 0. The molecule has 0 aliphatic carbocycles. The summed E-state index contributed by atoms with van der Waals surface area (Å²) >= 11 is -3.28. The third kappa shape index (κ3) is 4.61. The normalized spacial score (nSPS) is 9.60. The van der Waals surface area contributed by atoms with Crippen LogP contribution < -0.4 is 27.9 Å². The molecular weight excluding hydrogens is 187 g/mol. The predicted molar refractivity (Wildman–Crippen MR) is 7.01 cm³/mol. The first-order chi connectivity index (χ1) is 2.27. The Labute approximate surface area is 38.6 Å². The van der Waals surface area contributed by atoms with Crippen molar-refractivity contribution in [1.82, 2.24) is 0 Å². The second kappa shape index (κ2) is 2.83. The number of rotatable bonds is 1. The van der Waals surface area contributed by atoms with Crippen molar-refractivity contribution in [3.05, 3.63) is 0 Å². The van der Waals surface area contributed by atoms with Crippen molar-refractivity contribution >= 4 is 0 Å². The third-order valence-corrected chi connectivity index (χ3v) is 0.845. The largest absolute Gasteiger partial charge is 0.506 e. The maximum Gasteiger partial charge on any atom is 0.506 e. The second-order valence-electron chi connectivity index (χ2n) is 0.343. The summed E-state index contributed by atoms with van der Waals surface area (Å²) in [7, 11) is 1.14. The molecule has 0 bridgehead atoms. The van der Waals surface area contributed by atoms with Crippen LogP contribution in [0.5, 0.6) is 0 Å². The lowest BCUT2D eigenvalue weighted by Gasteiger charge is -1.77. The molecule has 0 aromatic carbocycles. The average molecular weight is 190 g/mol. The Morgan fingerprint density at radius 2 is 1.80 bits per heavy atom. The third-order valence-electron chi connectivity index (χ3n) is 0.126. The van der Waals surface area contributed by atoms with Gasteiger partial charge in [0.1, 0.15) is 7.11 Å². The molecule has 3 nitrogen and oxygen atoms in total. The minimum Gasteiger partial charge on any atom is -0.396 e. The number of hydrogen-bond donors (Lipinski definition) is 0. The first kappa shape index (κ1) is 5.61. The van der Waals surface area contributed by atoms with Crippen LogP contribution in [0.15, 0.2) is 0 Å². The molecule has 0 atom stereocenters. The molecule has 0 aromatic rings. The minimum absolute atomic E-state index is 1.14. The van der Waals surface area contributed by atoms with Crippen molar-refractivity contribution < 1.29 is 31.0 Å². The van der Waals surface area contributed by atoms with Gasteiger partial charge in [-0.1, -0.05) is 0 Å². The van der Waals surface area contributed by atoms with Crippen molar-refractivity contribution in [1.29, 1.82) is 0 Å². The van der Waals surface area contributed by atoms with Gasteiger partial charge in [-0.3, -0.25) is 0 Å². The monoisotopic (exact) mass is 190 g/mol. The Bertz CT molecular complexity index is 20.9. The molecule has 0 aliphatic heterocycles. The molecule has 32 valence electrons. The van der Waals surface area contributed by atoms with Crippen LogP contribution in [0.1, 0.15) is 0 Å². The minimum atomic E-state index is -3.28. The predicted octanol–water partition coefficient (Wildman–Crippen LogP) is -5.28. The van der Waals surface area contributed by atoms with E-state index in [0.29, 0.717) is 0 Å². The van der Waals surface area contributed by atoms with Crippen LogP contribution >= 0.6 is 0 Å². The molecule has 0 aliphatic rings. The molecule has 5 heavy (non-hydrogen) atoms. The van der Waals surface area contributed by atoms with Gasteiger partial charge in [0, 0.05) is 0 Å². The zero-order valence-corrected chi connectivity index (χ0v) is 4.76. The van der Waals surface area contributed by atoms with Crippen molar-refractivity contribution in [2.75, 3.05) is 7.11 Å². The van der Waals surface area contributed by atoms with E-state index in [0.717, 1.165) is 7.11 Å². The van der Waals surface area contributed by atoms with Crippen molar-refractivity contribution in [2.24, 2.45) is 0 Å². The topological polar surface area (TPSA) is 55.3 Å². The average Bonchev–Trinajstić information content (AvgIpc) is 1.38. The van der Waals surface area contributed by atoms with Gasteiger partial charge >= 0.3 is 21.1 Å². The summed E-state index contributed by atoms with van der Waals surface area (Å²) in [5.74, 6) is 0. The highest BCUT2D eigenvalue weighted by molar-refractivity contribution is 3.30. The summed E-state index contributed by atoms with van der Waals surface area (Å²) in [6, 6.07) is 0. The first-order valence-electron chi connectivity index (χ1n) is 0.871. The molecule has 0 radical (unpaired) electrons. The molecule has 0 amide bonds. The fourth-order valence-electron chi connectivity index (χ4n) is 0. The van der Waals surface area contributed by atoms with Crippen molar-refractivity contribution in [2.45, 2.75) is 0 Å². The summed E-state index contributed by atoms with van der Waals surface area (Å²) in [6.45, 7) is 0. The van der Waals surface area contributed by atoms with Gasteiger partial charge in [0.05, 0.1) is 0 Å².